The first-order chi connectivity index (χ1) is 9.58. The van der Waals surface area contributed by atoms with Crippen LogP contribution in [0.5, 0.6) is 0 Å². The molecule has 20 heavy (non-hydrogen) atoms. The van der Waals surface area contributed by atoms with Crippen LogP contribution in [0, 0.1) is 11.3 Å². The smallest absolute Gasteiger partial charge is 0.342 e. The first kappa shape index (κ1) is 17.4. The van der Waals surface area contributed by atoms with Crippen molar-refractivity contribution in [3.05, 3.63) is 20.3 Å². The Morgan fingerprint density at radius 1 is 1.50 bits per heavy atom. The maximum Gasteiger partial charge on any atom is 0.342 e. The summed E-state index contributed by atoms with van der Waals surface area (Å²) < 4.78 is 13.1. The molecule has 110 valence electrons. The second-order valence-corrected chi connectivity index (χ2v) is 7.23. The van der Waals surface area contributed by atoms with Crippen molar-refractivity contribution in [2.75, 3.05) is 13.2 Å². The lowest BCUT2D eigenvalue weighted by molar-refractivity contribution is 0.0522. The molecular weight excluding hydrogens is 408 g/mol. The number of esters is 1. The number of halogens is 2. The number of ether oxygens (including phenoxy) is 2. The van der Waals surface area contributed by atoms with Crippen LogP contribution in [-0.2, 0) is 16.2 Å². The summed E-state index contributed by atoms with van der Waals surface area (Å²) in [7, 11) is -0.0275. The summed E-state index contributed by atoms with van der Waals surface area (Å²) in [6.07, 6.45) is 0. The Balaban J connectivity index is 3.03. The average molecular weight is 424 g/mol. The Hall–Kier alpha value is -0.623. The van der Waals surface area contributed by atoms with Crippen LogP contribution in [0.3, 0.4) is 0 Å². The number of carbonyl (C=O) groups excluding carboxylic acids is 1. The van der Waals surface area contributed by atoms with Gasteiger partial charge >= 0.3 is 5.97 Å². The summed E-state index contributed by atoms with van der Waals surface area (Å²) in [6.45, 7) is 5.13. The molecule has 0 saturated heterocycles. The third-order valence-corrected chi connectivity index (χ3v) is 5.18. The fourth-order valence-electron chi connectivity index (χ4n) is 1.57. The highest BCUT2D eigenvalue weighted by molar-refractivity contribution is 9.11. The van der Waals surface area contributed by atoms with Gasteiger partial charge in [0.25, 0.3) is 0 Å². The van der Waals surface area contributed by atoms with Crippen LogP contribution in [0.2, 0.25) is 12.6 Å². The molecule has 0 atom stereocenters. The average Bonchev–Trinajstić information content (AvgIpc) is 2.66. The van der Waals surface area contributed by atoms with Gasteiger partial charge in [-0.05, 0) is 44.8 Å². The molecule has 0 amide bonds. The molecule has 0 aromatic carbocycles. The predicted octanol–water partition coefficient (Wildman–Crippen LogP) is 2.67. The quantitative estimate of drug-likeness (QED) is 0.384. The SMILES string of the molecule is CCOC(=O)c1c(Br)c(C#N)n(COCC[SiH2]C)c1Br. The van der Waals surface area contributed by atoms with Gasteiger partial charge in [-0.3, -0.25) is 0 Å². The van der Waals surface area contributed by atoms with Crippen molar-refractivity contribution in [3.63, 3.8) is 0 Å². The molecule has 0 aliphatic heterocycles. The fraction of sp³-hybridized carbons (Fsp3) is 0.500. The predicted molar refractivity (Wildman–Crippen MR) is 85.7 cm³/mol. The van der Waals surface area contributed by atoms with E-state index in [1.54, 1.807) is 11.5 Å². The minimum atomic E-state index is -0.470. The Kier molecular flexibility index (Phi) is 7.51. The summed E-state index contributed by atoms with van der Waals surface area (Å²) in [6, 6.07) is 3.16. The van der Waals surface area contributed by atoms with Crippen molar-refractivity contribution in [1.82, 2.24) is 4.57 Å². The van der Waals surface area contributed by atoms with Crippen molar-refractivity contribution >= 4 is 47.3 Å². The standard InChI is InChI=1S/C12H16Br2N2O3Si/c1-3-19-12(17)9-10(13)8(6-15)16(11(9)14)7-18-4-5-20-2/h3-5,7,20H2,1-2H3. The number of rotatable bonds is 7. The zero-order chi connectivity index (χ0) is 15.1. The molecule has 0 fully saturated rings. The Morgan fingerprint density at radius 2 is 2.20 bits per heavy atom. The topological polar surface area (TPSA) is 64.2 Å². The molecule has 0 bridgehead atoms. The molecular formula is C12H16Br2N2O3Si. The van der Waals surface area contributed by atoms with Crippen molar-refractivity contribution in [2.24, 2.45) is 0 Å². The molecule has 0 saturated carbocycles. The second-order valence-electron chi connectivity index (χ2n) is 3.98. The summed E-state index contributed by atoms with van der Waals surface area (Å²) in [4.78, 5) is 11.9. The van der Waals surface area contributed by atoms with Crippen molar-refractivity contribution in [2.45, 2.75) is 26.2 Å². The van der Waals surface area contributed by atoms with E-state index in [0.29, 0.717) is 26.9 Å². The van der Waals surface area contributed by atoms with E-state index in [9.17, 15) is 10.1 Å². The van der Waals surface area contributed by atoms with Crippen molar-refractivity contribution < 1.29 is 14.3 Å². The number of carbonyl (C=O) groups is 1. The van der Waals surface area contributed by atoms with Gasteiger partial charge in [0.2, 0.25) is 0 Å². The van der Waals surface area contributed by atoms with E-state index in [1.165, 1.54) is 0 Å². The van der Waals surface area contributed by atoms with Crippen LogP contribution in [-0.4, -0.2) is 33.3 Å². The van der Waals surface area contributed by atoms with Gasteiger partial charge in [-0.25, -0.2) is 4.79 Å². The Bertz CT molecular complexity index is 526. The van der Waals surface area contributed by atoms with Gasteiger partial charge in [-0.2, -0.15) is 5.26 Å². The molecule has 1 aromatic rings. The second kappa shape index (κ2) is 8.62. The summed E-state index contributed by atoms with van der Waals surface area (Å²) in [5.41, 5.74) is 0.658. The maximum absolute atomic E-state index is 11.9. The highest BCUT2D eigenvalue weighted by Crippen LogP contribution is 2.32. The lowest BCUT2D eigenvalue weighted by Crippen LogP contribution is -2.08. The molecule has 8 heteroatoms. The molecule has 0 unspecified atom stereocenters. The minimum Gasteiger partial charge on any atom is -0.462 e. The van der Waals surface area contributed by atoms with Gasteiger partial charge in [-0.15, -0.1) is 0 Å². The number of hydrogen-bond acceptors (Lipinski definition) is 4. The van der Waals surface area contributed by atoms with E-state index < -0.39 is 5.97 Å². The lowest BCUT2D eigenvalue weighted by Gasteiger charge is -2.08. The number of nitrogens with zero attached hydrogens (tertiary/aromatic N) is 2. The lowest BCUT2D eigenvalue weighted by atomic mass is 10.3. The maximum atomic E-state index is 11.9. The van der Waals surface area contributed by atoms with E-state index in [4.69, 9.17) is 9.47 Å². The van der Waals surface area contributed by atoms with Crippen LogP contribution in [0.4, 0.5) is 0 Å². The molecule has 1 heterocycles. The molecule has 1 rings (SSSR count). The summed E-state index contributed by atoms with van der Waals surface area (Å²) in [5, 5.41) is 9.23. The monoisotopic (exact) mass is 422 g/mol. The Morgan fingerprint density at radius 3 is 2.75 bits per heavy atom. The van der Waals surface area contributed by atoms with Gasteiger partial charge < -0.3 is 14.0 Å². The van der Waals surface area contributed by atoms with Crippen molar-refractivity contribution in [3.8, 4) is 6.07 Å². The molecule has 0 N–H and O–H groups in total. The van der Waals surface area contributed by atoms with Crippen molar-refractivity contribution in [1.29, 1.82) is 5.26 Å². The molecule has 0 aliphatic rings. The molecule has 0 spiro atoms. The highest BCUT2D eigenvalue weighted by atomic mass is 79.9. The highest BCUT2D eigenvalue weighted by Gasteiger charge is 2.25. The van der Waals surface area contributed by atoms with Gasteiger partial charge in [-0.1, -0.05) is 6.55 Å². The van der Waals surface area contributed by atoms with Gasteiger partial charge in [0.05, 0.1) is 11.1 Å². The van der Waals surface area contributed by atoms with Crippen LogP contribution in [0.15, 0.2) is 9.08 Å². The minimum absolute atomic E-state index is 0.0275. The number of hydrogen-bond donors (Lipinski definition) is 0. The van der Waals surface area contributed by atoms with Crippen LogP contribution in [0.25, 0.3) is 0 Å². The first-order valence-electron chi connectivity index (χ1n) is 6.30. The number of nitriles is 1. The van der Waals surface area contributed by atoms with Crippen LogP contribution >= 0.6 is 31.9 Å². The van der Waals surface area contributed by atoms with Gasteiger partial charge in [0.15, 0.2) is 0 Å². The molecule has 0 radical (unpaired) electrons. The number of aromatic nitrogens is 1. The van der Waals surface area contributed by atoms with E-state index in [2.05, 4.69) is 44.5 Å². The zero-order valence-corrected chi connectivity index (χ0v) is 16.0. The van der Waals surface area contributed by atoms with Crippen LogP contribution in [0.1, 0.15) is 23.0 Å². The summed E-state index contributed by atoms with van der Waals surface area (Å²) >= 11 is 6.63. The van der Waals surface area contributed by atoms with Gasteiger partial charge in [0, 0.05) is 16.1 Å². The third-order valence-electron chi connectivity index (χ3n) is 2.59. The van der Waals surface area contributed by atoms with E-state index in [-0.39, 0.29) is 22.9 Å². The Labute approximate surface area is 137 Å². The van der Waals surface area contributed by atoms with Crippen LogP contribution < -0.4 is 0 Å². The summed E-state index contributed by atoms with van der Waals surface area (Å²) in [5.74, 6) is -0.470. The largest absolute Gasteiger partial charge is 0.462 e. The zero-order valence-electron chi connectivity index (χ0n) is 11.4. The van der Waals surface area contributed by atoms with E-state index >= 15 is 0 Å². The molecule has 0 aliphatic carbocycles. The van der Waals surface area contributed by atoms with E-state index in [1.807, 2.05) is 0 Å². The van der Waals surface area contributed by atoms with Gasteiger partial charge in [0.1, 0.15) is 28.7 Å². The normalized spacial score (nSPS) is 10.9. The van der Waals surface area contributed by atoms with E-state index in [0.717, 1.165) is 6.04 Å². The third kappa shape index (κ3) is 3.94. The first-order valence-corrected chi connectivity index (χ1v) is 10.3. The fourth-order valence-corrected chi connectivity index (χ4v) is 3.62. The molecule has 1 aromatic heterocycles. The molecule has 5 nitrogen and oxygen atoms in total.